The lowest BCUT2D eigenvalue weighted by atomic mass is 9.99. The molecule has 0 bridgehead atoms. The largest absolute Gasteiger partial charge is 0.371 e. The van der Waals surface area contributed by atoms with Crippen molar-refractivity contribution in [2.75, 3.05) is 55.6 Å². The number of aromatic nitrogens is 3. The molecule has 0 amide bonds. The molecule has 0 unspecified atom stereocenters. The van der Waals surface area contributed by atoms with Gasteiger partial charge in [-0.05, 0) is 62.5 Å². The van der Waals surface area contributed by atoms with Crippen LogP contribution in [0, 0.1) is 5.82 Å². The number of hydrogen-bond acceptors (Lipinski definition) is 7. The van der Waals surface area contributed by atoms with E-state index in [-0.39, 0.29) is 66.8 Å². The predicted molar refractivity (Wildman–Crippen MR) is 182 cm³/mol. The summed E-state index contributed by atoms with van der Waals surface area (Å²) < 4.78 is 15.9. The van der Waals surface area contributed by atoms with Crippen LogP contribution in [-0.2, 0) is 7.05 Å². The Bertz CT molecular complexity index is 1350. The number of benzene rings is 1. The van der Waals surface area contributed by atoms with E-state index in [1.165, 1.54) is 68.7 Å². The number of halogens is 5. The molecule has 5 heterocycles. The second-order valence-electron chi connectivity index (χ2n) is 11.1. The summed E-state index contributed by atoms with van der Waals surface area (Å²) in [6.45, 7) is 6.93. The third-order valence-electron chi connectivity index (χ3n) is 8.65. The van der Waals surface area contributed by atoms with Gasteiger partial charge in [0, 0.05) is 75.4 Å². The first-order valence-corrected chi connectivity index (χ1v) is 14.3. The van der Waals surface area contributed by atoms with Gasteiger partial charge in [0.15, 0.2) is 5.82 Å². The fourth-order valence-corrected chi connectivity index (χ4v) is 6.38. The number of likely N-dealkylation sites (tertiary alicyclic amines) is 1. The van der Waals surface area contributed by atoms with E-state index in [1.54, 1.807) is 17.7 Å². The quantitative estimate of drug-likeness (QED) is 0.395. The minimum Gasteiger partial charge on any atom is -0.371 e. The van der Waals surface area contributed by atoms with Crippen molar-refractivity contribution >= 4 is 61.3 Å². The number of nitrogens with zero attached hydrogens (tertiary/aromatic N) is 6. The van der Waals surface area contributed by atoms with Gasteiger partial charge in [0.2, 0.25) is 5.95 Å². The van der Waals surface area contributed by atoms with Crippen LogP contribution in [0.4, 0.5) is 16.0 Å². The van der Waals surface area contributed by atoms with Crippen LogP contribution in [0.15, 0.2) is 53.6 Å². The molecule has 3 aliphatic heterocycles. The van der Waals surface area contributed by atoms with E-state index in [1.807, 2.05) is 0 Å². The van der Waals surface area contributed by atoms with Gasteiger partial charge in [-0.15, -0.1) is 49.6 Å². The molecule has 1 atom stereocenters. The zero-order valence-electron chi connectivity index (χ0n) is 24.4. The molecule has 0 saturated carbocycles. The van der Waals surface area contributed by atoms with Crippen LogP contribution in [0.1, 0.15) is 43.7 Å². The van der Waals surface area contributed by atoms with Gasteiger partial charge < -0.3 is 20.0 Å². The van der Waals surface area contributed by atoms with Crippen molar-refractivity contribution in [1.82, 2.24) is 24.8 Å². The minimum atomic E-state index is -0.488. The zero-order valence-corrected chi connectivity index (χ0v) is 27.6. The maximum Gasteiger partial charge on any atom is 0.255 e. The fourth-order valence-electron chi connectivity index (χ4n) is 6.38. The highest BCUT2D eigenvalue weighted by atomic mass is 35.5. The average Bonchev–Trinajstić information content (AvgIpc) is 2.99. The highest BCUT2D eigenvalue weighted by Gasteiger charge is 2.27. The molecule has 3 aliphatic rings. The SMILES string of the molecule is Cl.Cl.Cl.Cl.Cn1c(N2CCN[C@@H](c3ccc(N4CCC(N5CCCCC5)CC4)cc3)C2)nc(-c2ccncc2F)cc1=O. The molecular formula is C30H42Cl4FN7O. The highest BCUT2D eigenvalue weighted by Crippen LogP contribution is 2.28. The average molecular weight is 678 g/mol. The van der Waals surface area contributed by atoms with Gasteiger partial charge in [0.05, 0.1) is 11.9 Å². The molecule has 0 aliphatic carbocycles. The number of piperazine rings is 1. The van der Waals surface area contributed by atoms with Gasteiger partial charge >= 0.3 is 0 Å². The van der Waals surface area contributed by atoms with Crippen LogP contribution in [0.3, 0.4) is 0 Å². The van der Waals surface area contributed by atoms with Crippen molar-refractivity contribution in [3.8, 4) is 11.3 Å². The van der Waals surface area contributed by atoms with Crippen molar-refractivity contribution in [2.24, 2.45) is 7.05 Å². The molecule has 3 saturated heterocycles. The van der Waals surface area contributed by atoms with Gasteiger partial charge in [-0.3, -0.25) is 14.3 Å². The number of anilines is 2. The second kappa shape index (κ2) is 16.8. The number of piperidine rings is 2. The molecule has 43 heavy (non-hydrogen) atoms. The van der Waals surface area contributed by atoms with E-state index in [2.05, 4.69) is 49.3 Å². The third kappa shape index (κ3) is 8.32. The lowest BCUT2D eigenvalue weighted by Crippen LogP contribution is -2.48. The summed E-state index contributed by atoms with van der Waals surface area (Å²) >= 11 is 0. The molecule has 8 nitrogen and oxygen atoms in total. The Morgan fingerprint density at radius 3 is 2.26 bits per heavy atom. The first kappa shape index (κ1) is 37.0. The Labute approximate surface area is 278 Å². The van der Waals surface area contributed by atoms with Gasteiger partial charge in [-0.1, -0.05) is 18.6 Å². The van der Waals surface area contributed by atoms with Gasteiger partial charge in [-0.25, -0.2) is 9.37 Å². The molecule has 0 spiro atoms. The van der Waals surface area contributed by atoms with E-state index >= 15 is 0 Å². The summed E-state index contributed by atoms with van der Waals surface area (Å²) in [5.41, 5.74) is 2.91. The molecule has 2 aromatic heterocycles. The normalized spacial score (nSPS) is 19.3. The number of nitrogens with one attached hydrogen (secondary N) is 1. The fraction of sp³-hybridized carbons (Fsp3) is 0.500. The number of rotatable bonds is 5. The van der Waals surface area contributed by atoms with E-state index in [9.17, 15) is 9.18 Å². The Kier molecular flexibility index (Phi) is 14.5. The number of pyridine rings is 1. The molecule has 3 fully saturated rings. The molecule has 13 heteroatoms. The summed E-state index contributed by atoms with van der Waals surface area (Å²) in [7, 11) is 1.72. The van der Waals surface area contributed by atoms with Gasteiger partial charge in [0.1, 0.15) is 0 Å². The molecule has 0 radical (unpaired) electrons. The number of hydrogen-bond donors (Lipinski definition) is 1. The Balaban J connectivity index is 0.00000161. The zero-order chi connectivity index (χ0) is 26.8. The molecule has 238 valence electrons. The van der Waals surface area contributed by atoms with E-state index < -0.39 is 5.82 Å². The van der Waals surface area contributed by atoms with Crippen LogP contribution in [0.2, 0.25) is 0 Å². The van der Waals surface area contributed by atoms with Crippen molar-refractivity contribution in [3.05, 3.63) is 70.5 Å². The maximum absolute atomic E-state index is 14.4. The molecule has 3 aromatic rings. The van der Waals surface area contributed by atoms with Crippen LogP contribution >= 0.6 is 49.6 Å². The topological polar surface area (TPSA) is 69.5 Å². The molecular weight excluding hydrogens is 635 g/mol. The predicted octanol–water partition coefficient (Wildman–Crippen LogP) is 5.27. The minimum absolute atomic E-state index is 0. The lowest BCUT2D eigenvalue weighted by molar-refractivity contribution is 0.141. The Morgan fingerprint density at radius 1 is 0.884 bits per heavy atom. The standard InChI is InChI=1S/C30H38FN7O.4ClH/c1-35-29(39)19-27(25-9-12-32-20-26(25)31)34-30(35)38-18-13-33-28(21-38)22-5-7-23(8-6-22)37-16-10-24(11-17-37)36-14-3-2-4-15-36;;;;/h5-9,12,19-20,24,28,33H,2-4,10-11,13-18,21H2,1H3;4*1H/t28-;;;;/m1..../s1. The summed E-state index contributed by atoms with van der Waals surface area (Å²) in [5.74, 6) is 0.0617. The van der Waals surface area contributed by atoms with Crippen molar-refractivity contribution < 1.29 is 4.39 Å². The monoisotopic (exact) mass is 675 g/mol. The van der Waals surface area contributed by atoms with Crippen molar-refractivity contribution in [2.45, 2.75) is 44.2 Å². The summed E-state index contributed by atoms with van der Waals surface area (Å²) in [6.07, 6.45) is 9.26. The van der Waals surface area contributed by atoms with Crippen LogP contribution < -0.4 is 20.7 Å². The first-order valence-electron chi connectivity index (χ1n) is 14.3. The van der Waals surface area contributed by atoms with Gasteiger partial charge in [-0.2, -0.15) is 0 Å². The van der Waals surface area contributed by atoms with E-state index in [0.717, 1.165) is 31.9 Å². The molecule has 1 aromatic carbocycles. The maximum atomic E-state index is 14.4. The van der Waals surface area contributed by atoms with E-state index in [0.29, 0.717) is 24.7 Å². The summed E-state index contributed by atoms with van der Waals surface area (Å²) in [4.78, 5) is 28.7. The van der Waals surface area contributed by atoms with Crippen molar-refractivity contribution in [1.29, 1.82) is 0 Å². The van der Waals surface area contributed by atoms with Crippen molar-refractivity contribution in [3.63, 3.8) is 0 Å². The summed E-state index contributed by atoms with van der Waals surface area (Å²) in [5, 5.41) is 3.62. The Morgan fingerprint density at radius 2 is 1.58 bits per heavy atom. The lowest BCUT2D eigenvalue weighted by Gasteiger charge is -2.41. The molecule has 1 N–H and O–H groups in total. The smallest absolute Gasteiger partial charge is 0.255 e. The first-order chi connectivity index (χ1) is 19.1. The van der Waals surface area contributed by atoms with Gasteiger partial charge in [0.25, 0.3) is 5.56 Å². The second-order valence-corrected chi connectivity index (χ2v) is 11.1. The highest BCUT2D eigenvalue weighted by molar-refractivity contribution is 5.86. The van der Waals surface area contributed by atoms with Crippen LogP contribution in [-0.4, -0.2) is 71.3 Å². The van der Waals surface area contributed by atoms with Crippen LogP contribution in [0.5, 0.6) is 0 Å². The summed E-state index contributed by atoms with van der Waals surface area (Å²) in [6, 6.07) is 12.7. The van der Waals surface area contributed by atoms with Crippen LogP contribution in [0.25, 0.3) is 11.3 Å². The molecule has 6 rings (SSSR count). The Hall–Kier alpha value is -2.14. The third-order valence-corrected chi connectivity index (χ3v) is 8.65. The van der Waals surface area contributed by atoms with E-state index in [4.69, 9.17) is 4.98 Å².